The van der Waals surface area contributed by atoms with Crippen molar-refractivity contribution in [2.24, 2.45) is 5.14 Å². The number of carbonyl (C=O) groups excluding carboxylic acids is 2. The molecule has 2 heterocycles. The maximum atomic E-state index is 13.4. The van der Waals surface area contributed by atoms with Crippen molar-refractivity contribution in [2.45, 2.75) is 10.9 Å². The fraction of sp³-hybridized carbons (Fsp3) is 0.185. The Hall–Kier alpha value is -4.35. The van der Waals surface area contributed by atoms with Crippen LogP contribution in [0, 0.1) is 0 Å². The number of hydrogen-bond acceptors (Lipinski definition) is 8. The molecule has 1 saturated heterocycles. The monoisotopic (exact) mass is 535 g/mol. The highest BCUT2D eigenvalue weighted by atomic mass is 32.2. The number of anilines is 2. The number of hydrogen-bond donors (Lipinski definition) is 2. The summed E-state index contributed by atoms with van der Waals surface area (Å²) in [6.45, 7) is 1.18. The largest absolute Gasteiger partial charge is 0.507 e. The molecule has 1 amide bonds. The number of methoxy groups -OCH3 is 1. The molecule has 2 aliphatic rings. The lowest BCUT2D eigenvalue weighted by Crippen LogP contribution is -2.29. The predicted octanol–water partition coefficient (Wildman–Crippen LogP) is 2.80. The Labute approximate surface area is 219 Å². The number of rotatable bonds is 5. The van der Waals surface area contributed by atoms with E-state index >= 15 is 0 Å². The molecule has 3 aromatic rings. The number of sulfonamides is 1. The van der Waals surface area contributed by atoms with Gasteiger partial charge in [-0.15, -0.1) is 0 Å². The summed E-state index contributed by atoms with van der Waals surface area (Å²) in [7, 11) is -0.547. The summed E-state index contributed by atoms with van der Waals surface area (Å²) in [4.78, 5) is 29.8. The lowest BCUT2D eigenvalue weighted by molar-refractivity contribution is -0.132. The number of aliphatic hydroxyl groups is 1. The van der Waals surface area contributed by atoms with Crippen molar-refractivity contribution < 1.29 is 32.6 Å². The van der Waals surface area contributed by atoms with Crippen LogP contribution in [0.4, 0.5) is 11.4 Å². The first-order chi connectivity index (χ1) is 18.1. The van der Waals surface area contributed by atoms with E-state index in [0.29, 0.717) is 35.8 Å². The van der Waals surface area contributed by atoms with E-state index in [2.05, 4.69) is 0 Å². The van der Waals surface area contributed by atoms with Crippen molar-refractivity contribution in [1.82, 2.24) is 0 Å². The van der Waals surface area contributed by atoms with E-state index in [1.54, 1.807) is 42.5 Å². The molecule has 2 aliphatic heterocycles. The molecule has 0 radical (unpaired) electrons. The number of primary sulfonamides is 1. The maximum Gasteiger partial charge on any atom is 0.300 e. The summed E-state index contributed by atoms with van der Waals surface area (Å²) in [5.74, 6) is -0.858. The van der Waals surface area contributed by atoms with E-state index in [1.165, 1.54) is 36.3 Å². The normalized spacial score (nSPS) is 18.8. The third-order valence-electron chi connectivity index (χ3n) is 6.65. The highest BCUT2D eigenvalue weighted by Crippen LogP contribution is 2.43. The van der Waals surface area contributed by atoms with Gasteiger partial charge in [-0.25, -0.2) is 13.6 Å². The number of amides is 1. The molecular weight excluding hydrogens is 510 g/mol. The van der Waals surface area contributed by atoms with Gasteiger partial charge < -0.3 is 19.5 Å². The first-order valence-corrected chi connectivity index (χ1v) is 13.2. The number of likely N-dealkylation sites (N-methyl/N-ethyl adjacent to an activating group) is 1. The van der Waals surface area contributed by atoms with Gasteiger partial charge in [-0.2, -0.15) is 0 Å². The molecule has 1 unspecified atom stereocenters. The average molecular weight is 536 g/mol. The Morgan fingerprint density at radius 3 is 2.37 bits per heavy atom. The van der Waals surface area contributed by atoms with Crippen LogP contribution in [0.5, 0.6) is 11.5 Å². The van der Waals surface area contributed by atoms with Crippen LogP contribution in [-0.4, -0.2) is 52.5 Å². The molecule has 196 valence electrons. The third-order valence-corrected chi connectivity index (χ3v) is 7.58. The molecule has 1 fully saturated rings. The smallest absolute Gasteiger partial charge is 0.300 e. The van der Waals surface area contributed by atoms with E-state index in [0.717, 1.165) is 5.69 Å². The van der Waals surface area contributed by atoms with Crippen LogP contribution in [-0.2, 0) is 19.6 Å². The first-order valence-electron chi connectivity index (χ1n) is 11.7. The molecule has 0 spiro atoms. The van der Waals surface area contributed by atoms with Gasteiger partial charge in [0, 0.05) is 18.3 Å². The summed E-state index contributed by atoms with van der Waals surface area (Å²) >= 11 is 0. The zero-order valence-electron chi connectivity index (χ0n) is 20.6. The van der Waals surface area contributed by atoms with E-state index in [1.807, 2.05) is 11.9 Å². The number of ketones is 1. The maximum absolute atomic E-state index is 13.4. The summed E-state index contributed by atoms with van der Waals surface area (Å²) < 4.78 is 34.4. The van der Waals surface area contributed by atoms with Gasteiger partial charge in [0.2, 0.25) is 10.0 Å². The average Bonchev–Trinajstić information content (AvgIpc) is 3.18. The molecule has 0 saturated carbocycles. The zero-order valence-corrected chi connectivity index (χ0v) is 21.4. The molecule has 11 heteroatoms. The lowest BCUT2D eigenvalue weighted by Gasteiger charge is -2.28. The van der Waals surface area contributed by atoms with Crippen LogP contribution < -0.4 is 24.4 Å². The Bertz CT molecular complexity index is 1570. The second kappa shape index (κ2) is 9.51. The van der Waals surface area contributed by atoms with Crippen molar-refractivity contribution >= 4 is 38.8 Å². The van der Waals surface area contributed by atoms with Gasteiger partial charge in [0.15, 0.2) is 0 Å². The predicted molar refractivity (Wildman–Crippen MR) is 141 cm³/mol. The van der Waals surface area contributed by atoms with E-state index in [-0.39, 0.29) is 21.9 Å². The summed E-state index contributed by atoms with van der Waals surface area (Å²) in [6.07, 6.45) is 0. The van der Waals surface area contributed by atoms with Crippen molar-refractivity contribution in [3.8, 4) is 11.5 Å². The molecule has 38 heavy (non-hydrogen) atoms. The summed E-state index contributed by atoms with van der Waals surface area (Å²) in [5, 5.41) is 16.7. The molecule has 0 aromatic heterocycles. The molecule has 0 aliphatic carbocycles. The summed E-state index contributed by atoms with van der Waals surface area (Å²) in [6, 6.07) is 16.1. The number of nitrogens with zero attached hydrogens (tertiary/aromatic N) is 2. The van der Waals surface area contributed by atoms with Crippen molar-refractivity contribution in [3.63, 3.8) is 0 Å². The Morgan fingerprint density at radius 1 is 1.05 bits per heavy atom. The van der Waals surface area contributed by atoms with Gasteiger partial charge in [0.25, 0.3) is 11.7 Å². The number of aliphatic hydroxyl groups excluding tert-OH is 1. The molecule has 1 atom stereocenters. The van der Waals surface area contributed by atoms with Crippen molar-refractivity contribution in [1.29, 1.82) is 0 Å². The lowest BCUT2D eigenvalue weighted by atomic mass is 9.94. The van der Waals surface area contributed by atoms with Crippen LogP contribution in [0.15, 0.2) is 77.2 Å². The topological polar surface area (TPSA) is 139 Å². The third kappa shape index (κ3) is 4.35. The van der Waals surface area contributed by atoms with Crippen LogP contribution in [0.1, 0.15) is 17.2 Å². The van der Waals surface area contributed by atoms with Crippen LogP contribution in [0.2, 0.25) is 0 Å². The minimum atomic E-state index is -3.96. The van der Waals surface area contributed by atoms with Crippen LogP contribution in [0.3, 0.4) is 0 Å². The second-order valence-electron chi connectivity index (χ2n) is 8.93. The second-order valence-corrected chi connectivity index (χ2v) is 10.5. The SMILES string of the molecule is COc1ccc(C2/C(=C(/O)c3ccc4c(c3)N(C)CCO4)C(=O)C(=O)N2c2ccc(S(N)(=O)=O)cc2)cc1. The van der Waals surface area contributed by atoms with Gasteiger partial charge in [-0.05, 0) is 60.2 Å². The highest BCUT2D eigenvalue weighted by Gasteiger charge is 2.47. The fourth-order valence-electron chi connectivity index (χ4n) is 4.65. The molecule has 3 aromatic carbocycles. The number of benzene rings is 3. The first kappa shape index (κ1) is 25.3. The Balaban J connectivity index is 1.67. The van der Waals surface area contributed by atoms with E-state index < -0.39 is 27.8 Å². The fourth-order valence-corrected chi connectivity index (χ4v) is 5.17. The number of fused-ring (bicyclic) bond motifs is 1. The number of carbonyl (C=O) groups is 2. The minimum Gasteiger partial charge on any atom is -0.507 e. The van der Waals surface area contributed by atoms with Crippen LogP contribution >= 0.6 is 0 Å². The zero-order chi connectivity index (χ0) is 27.2. The standard InChI is InChI=1S/C27H25N3O7S/c1-29-13-14-37-22-12-5-17(15-21(22)29)25(31)23-24(16-3-8-19(36-2)9-4-16)30(27(33)26(23)32)18-6-10-20(11-7-18)38(28,34)35/h3-12,15,24,31H,13-14H2,1-2H3,(H2,28,34,35)/b25-23-. The van der Waals surface area contributed by atoms with Gasteiger partial charge in [0.1, 0.15) is 23.9 Å². The number of nitrogens with two attached hydrogens (primary N) is 1. The molecule has 5 rings (SSSR count). The molecular formula is C27H25N3O7S. The quantitative estimate of drug-likeness (QED) is 0.289. The highest BCUT2D eigenvalue weighted by molar-refractivity contribution is 7.89. The van der Waals surface area contributed by atoms with Gasteiger partial charge in [-0.1, -0.05) is 12.1 Å². The molecule has 3 N–H and O–H groups in total. The van der Waals surface area contributed by atoms with Crippen molar-refractivity contribution in [3.05, 3.63) is 83.4 Å². The summed E-state index contributed by atoms with van der Waals surface area (Å²) in [5.41, 5.74) is 1.80. The van der Waals surface area contributed by atoms with Gasteiger partial charge in [-0.3, -0.25) is 14.5 Å². The molecule has 0 bridgehead atoms. The van der Waals surface area contributed by atoms with Gasteiger partial charge >= 0.3 is 0 Å². The van der Waals surface area contributed by atoms with Crippen molar-refractivity contribution in [2.75, 3.05) is 37.1 Å². The van der Waals surface area contributed by atoms with E-state index in [4.69, 9.17) is 14.6 Å². The number of Topliss-reactive ketones (excluding diaryl/α,β-unsaturated/α-hetero) is 1. The van der Waals surface area contributed by atoms with Crippen LogP contribution in [0.25, 0.3) is 5.76 Å². The Morgan fingerprint density at radius 2 is 1.74 bits per heavy atom. The van der Waals surface area contributed by atoms with Gasteiger partial charge in [0.05, 0.1) is 35.9 Å². The van der Waals surface area contributed by atoms with E-state index in [9.17, 15) is 23.1 Å². The minimum absolute atomic E-state index is 0.102. The molecule has 10 nitrogen and oxygen atoms in total. The Kier molecular flexibility index (Phi) is 6.33. The number of ether oxygens (including phenoxy) is 2.